The molecule has 0 aliphatic carbocycles. The molecule has 0 radical (unpaired) electrons. The molecule has 0 saturated heterocycles. The van der Waals surface area contributed by atoms with Crippen LogP contribution in [-0.2, 0) is 0 Å². The van der Waals surface area contributed by atoms with Crippen molar-refractivity contribution in [1.29, 1.82) is 0 Å². The molecule has 0 aromatic heterocycles. The van der Waals surface area contributed by atoms with Gasteiger partial charge in [-0.3, -0.25) is 0 Å². The highest BCUT2D eigenvalue weighted by Gasteiger charge is 2.06. The largest absolute Gasteiger partial charge is 0.330 e. The summed E-state index contributed by atoms with van der Waals surface area (Å²) in [7, 11) is 0. The van der Waals surface area contributed by atoms with Gasteiger partial charge in [-0.15, -0.1) is 0 Å². The molecule has 0 saturated carbocycles. The molecular weight excluding hydrogens is 348 g/mol. The van der Waals surface area contributed by atoms with E-state index in [9.17, 15) is 0 Å². The Kier molecular flexibility index (Phi) is 24.6. The van der Waals surface area contributed by atoms with Crippen LogP contribution >= 0.6 is 0 Å². The van der Waals surface area contributed by atoms with Crippen molar-refractivity contribution in [2.24, 2.45) is 17.2 Å². The maximum Gasteiger partial charge on any atom is 0.0571 e. The van der Waals surface area contributed by atoms with E-state index in [1.807, 2.05) is 0 Å². The summed E-state index contributed by atoms with van der Waals surface area (Å²) in [5.74, 6) is 0. The van der Waals surface area contributed by atoms with Gasteiger partial charge in [0.2, 0.25) is 0 Å². The molecule has 0 aliphatic heterocycles. The van der Waals surface area contributed by atoms with Gasteiger partial charge >= 0.3 is 0 Å². The van der Waals surface area contributed by atoms with Gasteiger partial charge in [0.05, 0.1) is 6.17 Å². The second kappa shape index (κ2) is 24.8. The highest BCUT2D eigenvalue weighted by atomic mass is 15.1. The molecule has 1 atom stereocenters. The van der Waals surface area contributed by atoms with Gasteiger partial charge in [0.25, 0.3) is 0 Å². The Bertz CT molecular complexity index is 278. The molecule has 0 aromatic carbocycles. The maximum absolute atomic E-state index is 5.61. The Balaban J connectivity index is 3.64. The van der Waals surface area contributed by atoms with Gasteiger partial charge in [0, 0.05) is 0 Å². The van der Waals surface area contributed by atoms with E-state index in [1.54, 1.807) is 0 Å². The molecule has 0 amide bonds. The molecule has 1 unspecified atom stereocenters. The van der Waals surface area contributed by atoms with Crippen molar-refractivity contribution in [3.8, 4) is 0 Å². The number of nitrogens with one attached hydrogen (secondary N) is 3. The monoisotopic (exact) mass is 400 g/mol. The van der Waals surface area contributed by atoms with Crippen LogP contribution in [0.2, 0.25) is 0 Å². The van der Waals surface area contributed by atoms with E-state index >= 15 is 0 Å². The number of nitrogens with two attached hydrogens (primary N) is 3. The van der Waals surface area contributed by atoms with Crippen LogP contribution in [0.3, 0.4) is 0 Å². The number of hydrogen-bond donors (Lipinski definition) is 6. The zero-order chi connectivity index (χ0) is 20.5. The second-order valence-corrected chi connectivity index (χ2v) is 7.96. The average Bonchev–Trinajstić information content (AvgIpc) is 2.71. The standard InChI is InChI=1S/C22H52N6/c23-15-7-1-2-12-20-27-22(14-6-3-8-16-24)28-21-13-5-11-19-26-18-10-4-9-17-25/h22,26-28H,1-21,23-25H2. The number of hydrogen-bond acceptors (Lipinski definition) is 6. The van der Waals surface area contributed by atoms with Crippen LogP contribution in [-0.4, -0.2) is 52.0 Å². The second-order valence-electron chi connectivity index (χ2n) is 7.96. The zero-order valence-corrected chi connectivity index (χ0v) is 18.7. The fourth-order valence-corrected chi connectivity index (χ4v) is 3.37. The van der Waals surface area contributed by atoms with Crippen LogP contribution in [0.5, 0.6) is 0 Å². The van der Waals surface area contributed by atoms with Gasteiger partial charge in [0.15, 0.2) is 0 Å². The van der Waals surface area contributed by atoms with Crippen molar-refractivity contribution in [3.63, 3.8) is 0 Å². The smallest absolute Gasteiger partial charge is 0.0571 e. The molecule has 170 valence electrons. The first kappa shape index (κ1) is 27.8. The predicted molar refractivity (Wildman–Crippen MR) is 124 cm³/mol. The van der Waals surface area contributed by atoms with Gasteiger partial charge in [-0.25, -0.2) is 0 Å². The third-order valence-corrected chi connectivity index (χ3v) is 5.20. The Hall–Kier alpha value is -0.240. The Labute approximate surface area is 175 Å². The van der Waals surface area contributed by atoms with E-state index in [4.69, 9.17) is 17.2 Å². The average molecular weight is 401 g/mol. The number of rotatable bonds is 24. The lowest BCUT2D eigenvalue weighted by atomic mass is 10.1. The number of unbranched alkanes of at least 4 members (excludes halogenated alkanes) is 9. The predicted octanol–water partition coefficient (Wildman–Crippen LogP) is 2.42. The minimum absolute atomic E-state index is 0.452. The first-order valence-electron chi connectivity index (χ1n) is 12.1. The topological polar surface area (TPSA) is 114 Å². The molecule has 0 rings (SSSR count). The molecule has 6 nitrogen and oxygen atoms in total. The zero-order valence-electron chi connectivity index (χ0n) is 18.7. The molecule has 0 bridgehead atoms. The molecule has 0 heterocycles. The van der Waals surface area contributed by atoms with E-state index in [2.05, 4.69) is 16.0 Å². The van der Waals surface area contributed by atoms with E-state index in [1.165, 1.54) is 70.6 Å². The van der Waals surface area contributed by atoms with Gasteiger partial charge in [-0.2, -0.15) is 0 Å². The molecule has 9 N–H and O–H groups in total. The maximum atomic E-state index is 5.61. The van der Waals surface area contributed by atoms with Crippen molar-refractivity contribution in [3.05, 3.63) is 0 Å². The molecular formula is C22H52N6. The fourth-order valence-electron chi connectivity index (χ4n) is 3.37. The van der Waals surface area contributed by atoms with Gasteiger partial charge in [-0.1, -0.05) is 38.5 Å². The van der Waals surface area contributed by atoms with E-state index < -0.39 is 0 Å². The summed E-state index contributed by atoms with van der Waals surface area (Å²) in [6.07, 6.45) is 17.7. The normalized spacial score (nSPS) is 12.5. The highest BCUT2D eigenvalue weighted by molar-refractivity contribution is 4.66. The van der Waals surface area contributed by atoms with Crippen molar-refractivity contribution >= 4 is 0 Å². The quantitative estimate of drug-likeness (QED) is 0.110. The summed E-state index contributed by atoms with van der Waals surface area (Å²) in [6, 6.07) is 0. The SMILES string of the molecule is NCCCCCCNC(CCCCCN)NCCCCCNCCCCCN. The summed E-state index contributed by atoms with van der Waals surface area (Å²) in [6.45, 7) is 6.95. The Morgan fingerprint density at radius 2 is 0.821 bits per heavy atom. The van der Waals surface area contributed by atoms with E-state index in [0.29, 0.717) is 6.17 Å². The molecule has 28 heavy (non-hydrogen) atoms. The van der Waals surface area contributed by atoms with Crippen molar-refractivity contribution in [2.75, 3.05) is 45.8 Å². The first-order valence-corrected chi connectivity index (χ1v) is 12.1. The summed E-state index contributed by atoms with van der Waals surface area (Å²) < 4.78 is 0. The molecule has 6 heteroatoms. The van der Waals surface area contributed by atoms with Crippen LogP contribution in [0.1, 0.15) is 89.9 Å². The lowest BCUT2D eigenvalue weighted by Crippen LogP contribution is -2.43. The third kappa shape index (κ3) is 22.1. The van der Waals surface area contributed by atoms with Crippen LogP contribution in [0.25, 0.3) is 0 Å². The van der Waals surface area contributed by atoms with Gasteiger partial charge in [-0.05, 0) is 97.2 Å². The highest BCUT2D eigenvalue weighted by Crippen LogP contribution is 2.04. The lowest BCUT2D eigenvalue weighted by molar-refractivity contribution is 0.377. The van der Waals surface area contributed by atoms with Gasteiger partial charge in [0.1, 0.15) is 0 Å². The van der Waals surface area contributed by atoms with Crippen molar-refractivity contribution < 1.29 is 0 Å². The van der Waals surface area contributed by atoms with Gasteiger partial charge < -0.3 is 33.2 Å². The Morgan fingerprint density at radius 1 is 0.429 bits per heavy atom. The van der Waals surface area contributed by atoms with Crippen molar-refractivity contribution in [1.82, 2.24) is 16.0 Å². The first-order chi connectivity index (χ1) is 13.8. The molecule has 0 aromatic rings. The van der Waals surface area contributed by atoms with Crippen LogP contribution in [0, 0.1) is 0 Å². The van der Waals surface area contributed by atoms with Crippen LogP contribution in [0.4, 0.5) is 0 Å². The summed E-state index contributed by atoms with van der Waals surface area (Å²) >= 11 is 0. The van der Waals surface area contributed by atoms with Crippen LogP contribution in [0.15, 0.2) is 0 Å². The third-order valence-electron chi connectivity index (χ3n) is 5.20. The molecule has 0 aliphatic rings. The minimum Gasteiger partial charge on any atom is -0.330 e. The fraction of sp³-hybridized carbons (Fsp3) is 1.00. The van der Waals surface area contributed by atoms with Crippen molar-refractivity contribution in [2.45, 2.75) is 96.1 Å². The summed E-state index contributed by atoms with van der Waals surface area (Å²) in [5, 5.41) is 11.0. The van der Waals surface area contributed by atoms with E-state index in [0.717, 1.165) is 65.1 Å². The molecule has 0 fully saturated rings. The summed E-state index contributed by atoms with van der Waals surface area (Å²) in [5.41, 5.74) is 16.7. The van der Waals surface area contributed by atoms with E-state index in [-0.39, 0.29) is 0 Å². The Morgan fingerprint density at radius 3 is 1.36 bits per heavy atom. The minimum atomic E-state index is 0.452. The molecule has 0 spiro atoms. The lowest BCUT2D eigenvalue weighted by Gasteiger charge is -2.20. The van der Waals surface area contributed by atoms with Crippen LogP contribution < -0.4 is 33.2 Å². The summed E-state index contributed by atoms with van der Waals surface area (Å²) in [4.78, 5) is 0.